The molecular formula is C18H22N4O2. The third-order valence-corrected chi connectivity index (χ3v) is 4.42. The first kappa shape index (κ1) is 16.2. The van der Waals surface area contributed by atoms with Gasteiger partial charge < -0.3 is 14.5 Å². The normalized spacial score (nSPS) is 14.9. The summed E-state index contributed by atoms with van der Waals surface area (Å²) in [5, 5.41) is 0. The molecule has 126 valence electrons. The summed E-state index contributed by atoms with van der Waals surface area (Å²) < 4.78 is 5.12. The van der Waals surface area contributed by atoms with Crippen molar-refractivity contribution in [1.82, 2.24) is 14.9 Å². The number of aryl methyl sites for hydroxylation is 2. The van der Waals surface area contributed by atoms with Crippen molar-refractivity contribution in [2.24, 2.45) is 0 Å². The summed E-state index contributed by atoms with van der Waals surface area (Å²) >= 11 is 0. The Morgan fingerprint density at radius 3 is 2.67 bits per heavy atom. The van der Waals surface area contributed by atoms with E-state index in [2.05, 4.69) is 42.0 Å². The van der Waals surface area contributed by atoms with E-state index in [1.54, 1.807) is 13.2 Å². The smallest absolute Gasteiger partial charge is 0.242 e. The predicted octanol–water partition coefficient (Wildman–Crippen LogP) is 1.95. The van der Waals surface area contributed by atoms with Crippen LogP contribution in [0.5, 0.6) is 5.88 Å². The van der Waals surface area contributed by atoms with Crippen LogP contribution in [0.25, 0.3) is 0 Å². The molecule has 2 heterocycles. The Kier molecular flexibility index (Phi) is 4.64. The molecule has 1 aromatic carbocycles. The van der Waals surface area contributed by atoms with Gasteiger partial charge in [0, 0.05) is 25.7 Å². The van der Waals surface area contributed by atoms with Crippen LogP contribution in [0, 0.1) is 13.8 Å². The quantitative estimate of drug-likeness (QED) is 0.859. The number of ether oxygens (including phenoxy) is 1. The van der Waals surface area contributed by atoms with E-state index in [0.717, 1.165) is 12.4 Å². The Morgan fingerprint density at radius 2 is 1.96 bits per heavy atom. The second-order valence-corrected chi connectivity index (χ2v) is 6.07. The summed E-state index contributed by atoms with van der Waals surface area (Å²) in [6.45, 7) is 6.60. The first-order valence-corrected chi connectivity index (χ1v) is 8.01. The molecule has 0 spiro atoms. The van der Waals surface area contributed by atoms with Crippen molar-refractivity contribution in [2.75, 3.05) is 31.6 Å². The first-order chi connectivity index (χ1) is 11.6. The number of rotatable bonds is 4. The van der Waals surface area contributed by atoms with Crippen molar-refractivity contribution in [2.45, 2.75) is 20.4 Å². The Balaban J connectivity index is 1.66. The number of carbonyl (C=O) groups is 1. The number of carbonyl (C=O) groups excluding carboxylic acids is 1. The van der Waals surface area contributed by atoms with Crippen LogP contribution in [-0.2, 0) is 11.3 Å². The maximum Gasteiger partial charge on any atom is 0.242 e. The second kappa shape index (κ2) is 6.86. The summed E-state index contributed by atoms with van der Waals surface area (Å²) in [5.74, 6) is 1.34. The van der Waals surface area contributed by atoms with Gasteiger partial charge in [-0.05, 0) is 30.5 Å². The highest BCUT2D eigenvalue weighted by Crippen LogP contribution is 2.19. The largest absolute Gasteiger partial charge is 0.481 e. The number of hydrogen-bond donors (Lipinski definition) is 0. The summed E-state index contributed by atoms with van der Waals surface area (Å²) in [5.41, 5.74) is 3.70. The molecule has 1 aliphatic rings. The van der Waals surface area contributed by atoms with E-state index in [-0.39, 0.29) is 5.91 Å². The zero-order valence-corrected chi connectivity index (χ0v) is 14.3. The zero-order valence-electron chi connectivity index (χ0n) is 14.3. The maximum atomic E-state index is 12.5. The number of piperazine rings is 1. The van der Waals surface area contributed by atoms with Crippen LogP contribution in [0.15, 0.2) is 30.6 Å². The number of hydrogen-bond acceptors (Lipinski definition) is 5. The zero-order chi connectivity index (χ0) is 17.1. The first-order valence-electron chi connectivity index (χ1n) is 8.01. The average Bonchev–Trinajstić information content (AvgIpc) is 2.60. The highest BCUT2D eigenvalue weighted by molar-refractivity contribution is 5.82. The molecule has 1 amide bonds. The minimum atomic E-state index is 0.108. The van der Waals surface area contributed by atoms with Crippen molar-refractivity contribution in [3.05, 3.63) is 47.3 Å². The Hall–Kier alpha value is -2.63. The van der Waals surface area contributed by atoms with Crippen LogP contribution in [0.1, 0.15) is 16.7 Å². The number of nitrogens with zero attached hydrogens (tertiary/aromatic N) is 4. The summed E-state index contributed by atoms with van der Waals surface area (Å²) in [6, 6.07) is 8.12. The number of benzene rings is 1. The van der Waals surface area contributed by atoms with Crippen molar-refractivity contribution >= 4 is 11.7 Å². The van der Waals surface area contributed by atoms with Crippen LogP contribution in [0.2, 0.25) is 0 Å². The average molecular weight is 326 g/mol. The molecule has 1 aromatic heterocycles. The third kappa shape index (κ3) is 3.48. The Bertz CT molecular complexity index is 748. The van der Waals surface area contributed by atoms with Crippen LogP contribution in [0.3, 0.4) is 0 Å². The number of methoxy groups -OCH3 is 1. The fourth-order valence-electron chi connectivity index (χ4n) is 2.81. The molecule has 0 bridgehead atoms. The van der Waals surface area contributed by atoms with Crippen molar-refractivity contribution in [3.63, 3.8) is 0 Å². The van der Waals surface area contributed by atoms with E-state index < -0.39 is 0 Å². The third-order valence-electron chi connectivity index (χ3n) is 4.42. The fraction of sp³-hybridized carbons (Fsp3) is 0.389. The molecule has 1 saturated heterocycles. The van der Waals surface area contributed by atoms with Gasteiger partial charge in [-0.3, -0.25) is 4.79 Å². The molecule has 0 saturated carbocycles. The monoisotopic (exact) mass is 326 g/mol. The van der Waals surface area contributed by atoms with Crippen molar-refractivity contribution in [1.29, 1.82) is 0 Å². The minimum Gasteiger partial charge on any atom is -0.481 e. The summed E-state index contributed by atoms with van der Waals surface area (Å²) in [4.78, 5) is 24.6. The van der Waals surface area contributed by atoms with Crippen LogP contribution >= 0.6 is 0 Å². The van der Waals surface area contributed by atoms with Crippen LogP contribution < -0.4 is 9.64 Å². The van der Waals surface area contributed by atoms with Gasteiger partial charge in [0.2, 0.25) is 11.8 Å². The number of amides is 1. The maximum absolute atomic E-state index is 12.5. The molecular weight excluding hydrogens is 304 g/mol. The molecule has 0 radical (unpaired) electrons. The van der Waals surface area contributed by atoms with Crippen LogP contribution in [0.4, 0.5) is 5.82 Å². The molecule has 0 N–H and O–H groups in total. The predicted molar refractivity (Wildman–Crippen MR) is 92.1 cm³/mol. The van der Waals surface area contributed by atoms with Gasteiger partial charge >= 0.3 is 0 Å². The van der Waals surface area contributed by atoms with Gasteiger partial charge in [-0.1, -0.05) is 18.2 Å². The molecule has 24 heavy (non-hydrogen) atoms. The molecule has 0 atom stereocenters. The lowest BCUT2D eigenvalue weighted by atomic mass is 10.1. The van der Waals surface area contributed by atoms with E-state index in [1.807, 2.05) is 9.80 Å². The van der Waals surface area contributed by atoms with E-state index >= 15 is 0 Å². The minimum absolute atomic E-state index is 0.108. The summed E-state index contributed by atoms with van der Waals surface area (Å²) in [7, 11) is 1.57. The lowest BCUT2D eigenvalue weighted by Gasteiger charge is -2.35. The topological polar surface area (TPSA) is 58.6 Å². The van der Waals surface area contributed by atoms with Gasteiger partial charge in [0.1, 0.15) is 12.1 Å². The standard InChI is InChI=1S/C18H22N4O2/c1-13-4-5-15(8-14(13)2)10-22-7-6-21(11-18(22)23)16-9-17(24-3)20-12-19-16/h4-5,8-9,12H,6-7,10-11H2,1-3H3. The molecule has 1 fully saturated rings. The van der Waals surface area contributed by atoms with E-state index in [0.29, 0.717) is 25.5 Å². The highest BCUT2D eigenvalue weighted by Gasteiger charge is 2.25. The molecule has 3 rings (SSSR count). The van der Waals surface area contributed by atoms with Gasteiger partial charge in [0.15, 0.2) is 0 Å². The number of anilines is 1. The van der Waals surface area contributed by atoms with E-state index in [4.69, 9.17) is 4.74 Å². The van der Waals surface area contributed by atoms with E-state index in [1.165, 1.54) is 23.0 Å². The highest BCUT2D eigenvalue weighted by atomic mass is 16.5. The van der Waals surface area contributed by atoms with Gasteiger partial charge in [-0.2, -0.15) is 0 Å². The van der Waals surface area contributed by atoms with Crippen molar-refractivity contribution in [3.8, 4) is 5.88 Å². The molecule has 0 unspecified atom stereocenters. The van der Waals surface area contributed by atoms with Gasteiger partial charge in [-0.25, -0.2) is 9.97 Å². The van der Waals surface area contributed by atoms with Gasteiger partial charge in [0.25, 0.3) is 0 Å². The van der Waals surface area contributed by atoms with Crippen LogP contribution in [-0.4, -0.2) is 47.5 Å². The molecule has 6 heteroatoms. The SMILES string of the molecule is COc1cc(N2CCN(Cc3ccc(C)c(C)c3)C(=O)C2)ncn1. The Morgan fingerprint density at radius 1 is 1.12 bits per heavy atom. The van der Waals surface area contributed by atoms with Gasteiger partial charge in [0.05, 0.1) is 13.7 Å². The number of aromatic nitrogens is 2. The van der Waals surface area contributed by atoms with Gasteiger partial charge in [-0.15, -0.1) is 0 Å². The molecule has 0 aliphatic carbocycles. The fourth-order valence-corrected chi connectivity index (χ4v) is 2.81. The summed E-state index contributed by atoms with van der Waals surface area (Å²) in [6.07, 6.45) is 1.46. The van der Waals surface area contributed by atoms with E-state index in [9.17, 15) is 4.79 Å². The molecule has 1 aliphatic heterocycles. The van der Waals surface area contributed by atoms with Crippen molar-refractivity contribution < 1.29 is 9.53 Å². The second-order valence-electron chi connectivity index (χ2n) is 6.07. The Labute approximate surface area is 142 Å². The molecule has 2 aromatic rings. The lowest BCUT2D eigenvalue weighted by Crippen LogP contribution is -2.50. The molecule has 6 nitrogen and oxygen atoms in total. The lowest BCUT2D eigenvalue weighted by molar-refractivity contribution is -0.131.